The standard InChI is InChI=1S/C43H52N2O11S3/c1-27(2)35(47)15-10-8-12-23-57(50,51)38-25-37(56-30(7)46)31-17-18-34-40(59(54,55)45-22-14-21-44-43(49)29(5)6)26-39(33-20-19-32(38)41(31)42(33)34)58(52,53)24-13-9-11-16-36(48)28(3)4/h17-20,25-26,45H,1,3,5,8-16,21-24H2,2,4,6-7H3,(H,44,49). The van der Waals surface area contributed by atoms with Gasteiger partial charge in [-0.1, -0.05) is 50.8 Å². The zero-order valence-electron chi connectivity index (χ0n) is 34.0. The first-order valence-corrected chi connectivity index (χ1v) is 24.1. The molecule has 0 aliphatic rings. The first kappa shape index (κ1) is 46.9. The predicted molar refractivity (Wildman–Crippen MR) is 230 cm³/mol. The molecule has 0 aliphatic heterocycles. The molecule has 4 rings (SSSR count). The van der Waals surface area contributed by atoms with Crippen LogP contribution in [0.2, 0.25) is 0 Å². The first-order valence-electron chi connectivity index (χ1n) is 19.3. The average molecular weight is 869 g/mol. The van der Waals surface area contributed by atoms with Crippen molar-refractivity contribution in [3.63, 3.8) is 0 Å². The van der Waals surface area contributed by atoms with Crippen LogP contribution in [0.4, 0.5) is 0 Å². The van der Waals surface area contributed by atoms with E-state index in [0.717, 1.165) is 13.0 Å². The monoisotopic (exact) mass is 868 g/mol. The largest absolute Gasteiger partial charge is 0.426 e. The van der Waals surface area contributed by atoms with Gasteiger partial charge in [0.25, 0.3) is 0 Å². The van der Waals surface area contributed by atoms with Crippen LogP contribution in [0.1, 0.15) is 85.5 Å². The van der Waals surface area contributed by atoms with Gasteiger partial charge in [-0.3, -0.25) is 19.2 Å². The molecule has 0 fully saturated rings. The topological polar surface area (TPSA) is 204 Å². The van der Waals surface area contributed by atoms with E-state index < -0.39 is 35.7 Å². The minimum atomic E-state index is -4.45. The summed E-state index contributed by atoms with van der Waals surface area (Å²) in [6, 6.07) is 8.28. The van der Waals surface area contributed by atoms with Crippen LogP contribution in [0.15, 0.2) is 87.5 Å². The Morgan fingerprint density at radius 3 is 1.49 bits per heavy atom. The molecule has 2 N–H and O–H groups in total. The number of esters is 1. The number of Topliss-reactive ketones (excluding diaryl/α,β-unsaturated/α-hetero) is 2. The maximum absolute atomic E-state index is 14.2. The zero-order chi connectivity index (χ0) is 43.9. The molecule has 0 spiro atoms. The second-order valence-electron chi connectivity index (χ2n) is 14.9. The van der Waals surface area contributed by atoms with Crippen molar-refractivity contribution in [2.45, 2.75) is 100 Å². The number of hydrogen-bond donors (Lipinski definition) is 2. The number of rotatable bonds is 24. The lowest BCUT2D eigenvalue weighted by atomic mass is 9.93. The van der Waals surface area contributed by atoms with Gasteiger partial charge in [0, 0.05) is 76.8 Å². The third kappa shape index (κ3) is 11.5. The fourth-order valence-corrected chi connectivity index (χ4v) is 11.3. The molecule has 1 amide bonds. The molecule has 0 radical (unpaired) electrons. The number of sulfonamides is 1. The number of nitrogens with one attached hydrogen (secondary N) is 2. The molecule has 0 aliphatic carbocycles. The minimum absolute atomic E-state index is 0.101. The lowest BCUT2D eigenvalue weighted by Crippen LogP contribution is -2.30. The maximum Gasteiger partial charge on any atom is 0.308 e. The van der Waals surface area contributed by atoms with Crippen molar-refractivity contribution in [3.05, 3.63) is 72.9 Å². The number of ether oxygens (including phenoxy) is 1. The van der Waals surface area contributed by atoms with E-state index in [2.05, 4.69) is 29.8 Å². The summed E-state index contributed by atoms with van der Waals surface area (Å²) in [6.45, 7) is 16.8. The van der Waals surface area contributed by atoms with E-state index in [0.29, 0.717) is 36.8 Å². The van der Waals surface area contributed by atoms with Crippen LogP contribution in [-0.4, -0.2) is 73.3 Å². The Hall–Kier alpha value is -4.77. The molecule has 0 atom stereocenters. The number of sulfone groups is 2. The molecule has 59 heavy (non-hydrogen) atoms. The number of ketones is 2. The van der Waals surface area contributed by atoms with Gasteiger partial charge in [0.05, 0.1) is 26.2 Å². The van der Waals surface area contributed by atoms with Crippen molar-refractivity contribution in [2.24, 2.45) is 0 Å². The Morgan fingerprint density at radius 2 is 1.02 bits per heavy atom. The molecular weight excluding hydrogens is 817 g/mol. The molecule has 0 unspecified atom stereocenters. The van der Waals surface area contributed by atoms with Crippen LogP contribution >= 0.6 is 0 Å². The lowest BCUT2D eigenvalue weighted by Gasteiger charge is -2.20. The molecular formula is C43H52N2O11S3. The van der Waals surface area contributed by atoms with E-state index in [1.165, 1.54) is 37.3 Å². The Morgan fingerprint density at radius 1 is 0.559 bits per heavy atom. The molecule has 4 aromatic rings. The molecule has 0 saturated heterocycles. The van der Waals surface area contributed by atoms with Crippen LogP contribution in [0, 0.1) is 0 Å². The van der Waals surface area contributed by atoms with E-state index in [9.17, 15) is 44.4 Å². The number of unbranched alkanes of at least 4 members (excludes halogenated alkanes) is 4. The highest BCUT2D eigenvalue weighted by Gasteiger charge is 2.30. The second kappa shape index (κ2) is 19.5. The van der Waals surface area contributed by atoms with Crippen molar-refractivity contribution in [2.75, 3.05) is 24.6 Å². The third-order valence-corrected chi connectivity index (χ3v) is 15.0. The molecule has 16 heteroatoms. The number of carbonyl (C=O) groups excluding carboxylic acids is 4. The summed E-state index contributed by atoms with van der Waals surface area (Å²) >= 11 is 0. The fraction of sp³-hybridized carbons (Fsp3) is 0.395. The zero-order valence-corrected chi connectivity index (χ0v) is 36.4. The summed E-state index contributed by atoms with van der Waals surface area (Å²) in [6.07, 6.45) is 2.74. The molecule has 0 heterocycles. The third-order valence-electron chi connectivity index (χ3n) is 9.86. The van der Waals surface area contributed by atoms with E-state index in [-0.39, 0.29) is 132 Å². The van der Waals surface area contributed by atoms with Crippen LogP contribution in [0.3, 0.4) is 0 Å². The van der Waals surface area contributed by atoms with Crippen molar-refractivity contribution in [1.82, 2.24) is 10.0 Å². The van der Waals surface area contributed by atoms with Gasteiger partial charge in [-0.2, -0.15) is 0 Å². The second-order valence-corrected chi connectivity index (χ2v) is 20.8. The highest BCUT2D eigenvalue weighted by atomic mass is 32.2. The smallest absolute Gasteiger partial charge is 0.308 e. The minimum Gasteiger partial charge on any atom is -0.426 e. The molecule has 318 valence electrons. The summed E-state index contributed by atoms with van der Waals surface area (Å²) in [7, 11) is -12.8. The van der Waals surface area contributed by atoms with E-state index >= 15 is 0 Å². The number of carbonyl (C=O) groups is 4. The summed E-state index contributed by atoms with van der Waals surface area (Å²) in [4.78, 5) is 47.5. The number of allylic oxidation sites excluding steroid dienone is 2. The molecule has 4 aromatic carbocycles. The van der Waals surface area contributed by atoms with Gasteiger partial charge >= 0.3 is 5.97 Å². The van der Waals surface area contributed by atoms with Crippen LogP contribution < -0.4 is 14.8 Å². The van der Waals surface area contributed by atoms with Crippen LogP contribution in [-0.2, 0) is 48.9 Å². The van der Waals surface area contributed by atoms with Gasteiger partial charge in [-0.25, -0.2) is 30.0 Å². The summed E-state index contributed by atoms with van der Waals surface area (Å²) in [5.41, 5.74) is 1.11. The van der Waals surface area contributed by atoms with Gasteiger partial charge in [0.15, 0.2) is 31.2 Å². The molecule has 0 aromatic heterocycles. The quantitative estimate of drug-likeness (QED) is 0.0246. The van der Waals surface area contributed by atoms with Gasteiger partial charge in [-0.15, -0.1) is 0 Å². The maximum atomic E-state index is 14.2. The van der Waals surface area contributed by atoms with Gasteiger partial charge in [-0.05, 0) is 76.2 Å². The number of hydrogen-bond acceptors (Lipinski definition) is 11. The van der Waals surface area contributed by atoms with E-state index in [4.69, 9.17) is 4.74 Å². The van der Waals surface area contributed by atoms with Crippen LogP contribution in [0.5, 0.6) is 5.75 Å². The van der Waals surface area contributed by atoms with Crippen molar-refractivity contribution in [3.8, 4) is 5.75 Å². The Balaban J connectivity index is 1.89. The van der Waals surface area contributed by atoms with Crippen molar-refractivity contribution in [1.29, 1.82) is 0 Å². The average Bonchev–Trinajstić information content (AvgIpc) is 3.15. The molecule has 0 bridgehead atoms. The lowest BCUT2D eigenvalue weighted by molar-refractivity contribution is -0.131. The highest BCUT2D eigenvalue weighted by Crippen LogP contribution is 2.45. The summed E-state index contributed by atoms with van der Waals surface area (Å²) in [5.74, 6) is -2.15. The normalized spacial score (nSPS) is 12.2. The van der Waals surface area contributed by atoms with Crippen molar-refractivity contribution < 1.29 is 49.2 Å². The van der Waals surface area contributed by atoms with E-state index in [1.54, 1.807) is 13.8 Å². The summed E-state index contributed by atoms with van der Waals surface area (Å²) in [5, 5.41) is 3.64. The van der Waals surface area contributed by atoms with E-state index in [1.807, 2.05) is 0 Å². The molecule has 13 nitrogen and oxygen atoms in total. The Bertz CT molecular complexity index is 2600. The number of benzene rings is 4. The fourth-order valence-electron chi connectivity index (χ4n) is 6.72. The first-order chi connectivity index (χ1) is 27.6. The van der Waals surface area contributed by atoms with Gasteiger partial charge in [0.2, 0.25) is 15.9 Å². The van der Waals surface area contributed by atoms with Crippen molar-refractivity contribution >= 4 is 85.5 Å². The SMILES string of the molecule is C=C(C)C(=O)CCCCCS(=O)(=O)c1cc(OC(C)=O)c2ccc3c(S(=O)(=O)NCCCNC(=O)C(=C)C)cc(S(=O)(=O)CCCCCC(=O)C(=C)C)c4ccc1c2c43. The van der Waals surface area contributed by atoms with Crippen LogP contribution in [0.25, 0.3) is 32.3 Å². The van der Waals surface area contributed by atoms with Gasteiger partial charge in [0.1, 0.15) is 5.75 Å². The number of amides is 1. The highest BCUT2D eigenvalue weighted by molar-refractivity contribution is 7.92. The predicted octanol–water partition coefficient (Wildman–Crippen LogP) is 6.83. The summed E-state index contributed by atoms with van der Waals surface area (Å²) < 4.78 is 93.0. The Kier molecular flexibility index (Phi) is 15.5. The Labute approximate surface area is 346 Å². The molecule has 0 saturated carbocycles. The van der Waals surface area contributed by atoms with Gasteiger partial charge < -0.3 is 10.1 Å².